The van der Waals surface area contributed by atoms with Crippen LogP contribution in [0, 0.1) is 26.7 Å². The van der Waals surface area contributed by atoms with Gasteiger partial charge < -0.3 is 14.9 Å². The number of nitrogens with zero attached hydrogens (tertiary/aromatic N) is 2. The van der Waals surface area contributed by atoms with Crippen molar-refractivity contribution in [3.63, 3.8) is 0 Å². The van der Waals surface area contributed by atoms with Crippen LogP contribution in [0.15, 0.2) is 12.1 Å². The van der Waals surface area contributed by atoms with Crippen LogP contribution < -0.4 is 4.90 Å². The molecule has 1 unspecified atom stereocenters. The molecule has 2 saturated heterocycles. The van der Waals surface area contributed by atoms with E-state index in [-0.39, 0.29) is 18.2 Å². The molecule has 3 rings (SSSR count). The Labute approximate surface area is 147 Å². The molecule has 25 heavy (non-hydrogen) atoms. The summed E-state index contributed by atoms with van der Waals surface area (Å²) in [5, 5.41) is 9.28. The molecule has 1 N–H and O–H groups in total. The summed E-state index contributed by atoms with van der Waals surface area (Å²) in [5.41, 5.74) is 4.05. The van der Waals surface area contributed by atoms with E-state index in [0.29, 0.717) is 25.9 Å². The Bertz CT molecular complexity index is 720. The van der Waals surface area contributed by atoms with Gasteiger partial charge in [0.05, 0.1) is 5.92 Å². The number of benzene rings is 1. The maximum atomic E-state index is 12.8. The number of rotatable bonds is 3. The van der Waals surface area contributed by atoms with E-state index in [1.54, 1.807) is 4.90 Å². The molecule has 0 aromatic heterocycles. The Morgan fingerprint density at radius 2 is 1.80 bits per heavy atom. The average Bonchev–Trinajstić information content (AvgIpc) is 3.13. The van der Waals surface area contributed by atoms with Gasteiger partial charge in [-0.3, -0.25) is 9.59 Å². The molecule has 0 radical (unpaired) electrons. The smallest absolute Gasteiger partial charge is 0.326 e. The summed E-state index contributed by atoms with van der Waals surface area (Å²) in [5.74, 6) is -1.70. The van der Waals surface area contributed by atoms with Crippen LogP contribution in [0.3, 0.4) is 0 Å². The van der Waals surface area contributed by atoms with E-state index in [1.165, 1.54) is 4.90 Å². The van der Waals surface area contributed by atoms with Crippen molar-refractivity contribution in [1.82, 2.24) is 4.90 Å². The molecule has 0 bridgehead atoms. The van der Waals surface area contributed by atoms with Crippen LogP contribution >= 0.6 is 0 Å². The lowest BCUT2D eigenvalue weighted by molar-refractivity contribution is -0.149. The van der Waals surface area contributed by atoms with E-state index < -0.39 is 17.9 Å². The molecular formula is C19H24N2O4. The molecule has 0 saturated carbocycles. The summed E-state index contributed by atoms with van der Waals surface area (Å²) >= 11 is 0. The minimum Gasteiger partial charge on any atom is -0.480 e. The predicted molar refractivity (Wildman–Crippen MR) is 93.5 cm³/mol. The Balaban J connectivity index is 1.81. The first-order valence-electron chi connectivity index (χ1n) is 8.71. The molecule has 0 aliphatic carbocycles. The highest BCUT2D eigenvalue weighted by molar-refractivity contribution is 6.02. The van der Waals surface area contributed by atoms with Gasteiger partial charge in [-0.2, -0.15) is 0 Å². The standard InChI is InChI=1S/C19H24N2O4/c1-11-7-12(2)17(13(3)8-11)21-10-14(9-16(21)22)18(23)20-6-4-5-15(20)19(24)25/h7-8,14-15H,4-6,9-10H2,1-3H3,(H,24,25)/t14?,15-/m1/s1. The molecule has 2 aliphatic rings. The second-order valence-corrected chi connectivity index (χ2v) is 7.18. The first-order valence-corrected chi connectivity index (χ1v) is 8.71. The number of amides is 2. The molecule has 2 fully saturated rings. The van der Waals surface area contributed by atoms with Gasteiger partial charge in [-0.05, 0) is 44.7 Å². The number of carbonyl (C=O) groups is 3. The maximum Gasteiger partial charge on any atom is 0.326 e. The van der Waals surface area contributed by atoms with Gasteiger partial charge in [0.2, 0.25) is 11.8 Å². The lowest BCUT2D eigenvalue weighted by atomic mass is 10.0. The topological polar surface area (TPSA) is 77.9 Å². The van der Waals surface area contributed by atoms with Crippen LogP contribution in [0.25, 0.3) is 0 Å². The number of aliphatic carboxylic acids is 1. The zero-order chi connectivity index (χ0) is 18.3. The van der Waals surface area contributed by atoms with Gasteiger partial charge in [0.15, 0.2) is 0 Å². The van der Waals surface area contributed by atoms with Gasteiger partial charge >= 0.3 is 5.97 Å². The molecule has 1 aromatic rings. The van der Waals surface area contributed by atoms with E-state index in [0.717, 1.165) is 22.4 Å². The van der Waals surface area contributed by atoms with Gasteiger partial charge in [0, 0.05) is 25.2 Å². The number of carboxylic acids is 1. The van der Waals surface area contributed by atoms with Crippen LogP contribution in [0.2, 0.25) is 0 Å². The molecule has 0 spiro atoms. The largest absolute Gasteiger partial charge is 0.480 e. The molecule has 134 valence electrons. The summed E-state index contributed by atoms with van der Waals surface area (Å²) in [7, 11) is 0. The molecule has 1 aromatic carbocycles. The van der Waals surface area contributed by atoms with Crippen LogP contribution in [0.5, 0.6) is 0 Å². The third-order valence-corrected chi connectivity index (χ3v) is 5.20. The third-order valence-electron chi connectivity index (χ3n) is 5.20. The number of anilines is 1. The first-order chi connectivity index (χ1) is 11.8. The highest BCUT2D eigenvalue weighted by Crippen LogP contribution is 2.33. The van der Waals surface area contributed by atoms with Crippen molar-refractivity contribution in [1.29, 1.82) is 0 Å². The number of carboxylic acid groups (broad SMARTS) is 1. The van der Waals surface area contributed by atoms with Crippen LogP contribution in [-0.2, 0) is 14.4 Å². The molecule has 6 nitrogen and oxygen atoms in total. The van der Waals surface area contributed by atoms with E-state index in [2.05, 4.69) is 0 Å². The Morgan fingerprint density at radius 3 is 2.40 bits per heavy atom. The van der Waals surface area contributed by atoms with Gasteiger partial charge in [-0.25, -0.2) is 4.79 Å². The van der Waals surface area contributed by atoms with E-state index in [9.17, 15) is 19.5 Å². The van der Waals surface area contributed by atoms with Crippen molar-refractivity contribution in [2.24, 2.45) is 5.92 Å². The minimum atomic E-state index is -0.961. The van der Waals surface area contributed by atoms with Crippen molar-refractivity contribution >= 4 is 23.5 Å². The normalized spacial score (nSPS) is 23.4. The Hall–Kier alpha value is -2.37. The van der Waals surface area contributed by atoms with Gasteiger partial charge in [0.1, 0.15) is 6.04 Å². The molecule has 2 atom stereocenters. The predicted octanol–water partition coefficient (Wildman–Crippen LogP) is 2.04. The summed E-state index contributed by atoms with van der Waals surface area (Å²) < 4.78 is 0. The molecule has 2 amide bonds. The zero-order valence-corrected chi connectivity index (χ0v) is 14.9. The number of aryl methyl sites for hydroxylation is 3. The monoisotopic (exact) mass is 344 g/mol. The lowest BCUT2D eigenvalue weighted by Gasteiger charge is -2.25. The average molecular weight is 344 g/mol. The fraction of sp³-hybridized carbons (Fsp3) is 0.526. The Morgan fingerprint density at radius 1 is 1.16 bits per heavy atom. The number of likely N-dealkylation sites (tertiary alicyclic amines) is 1. The van der Waals surface area contributed by atoms with Crippen molar-refractivity contribution in [3.8, 4) is 0 Å². The summed E-state index contributed by atoms with van der Waals surface area (Å²) in [6.07, 6.45) is 1.33. The quantitative estimate of drug-likeness (QED) is 0.910. The van der Waals surface area contributed by atoms with Crippen LogP contribution in [0.4, 0.5) is 5.69 Å². The third kappa shape index (κ3) is 3.13. The summed E-state index contributed by atoms with van der Waals surface area (Å²) in [6, 6.07) is 3.32. The highest BCUT2D eigenvalue weighted by atomic mass is 16.4. The fourth-order valence-electron chi connectivity index (χ4n) is 4.21. The van der Waals surface area contributed by atoms with Crippen molar-refractivity contribution in [2.45, 2.75) is 46.1 Å². The maximum absolute atomic E-state index is 12.8. The highest BCUT2D eigenvalue weighted by Gasteiger charge is 2.42. The van der Waals surface area contributed by atoms with Crippen molar-refractivity contribution < 1.29 is 19.5 Å². The van der Waals surface area contributed by atoms with E-state index in [1.807, 2.05) is 32.9 Å². The Kier molecular flexibility index (Phi) is 4.54. The van der Waals surface area contributed by atoms with E-state index in [4.69, 9.17) is 0 Å². The van der Waals surface area contributed by atoms with Gasteiger partial charge in [-0.15, -0.1) is 0 Å². The summed E-state index contributed by atoms with van der Waals surface area (Å²) in [6.45, 7) is 6.74. The molecule has 6 heteroatoms. The molecule has 2 aliphatic heterocycles. The molecule has 2 heterocycles. The van der Waals surface area contributed by atoms with Crippen molar-refractivity contribution in [2.75, 3.05) is 18.0 Å². The first kappa shape index (κ1) is 17.5. The van der Waals surface area contributed by atoms with E-state index >= 15 is 0 Å². The second kappa shape index (κ2) is 6.50. The minimum absolute atomic E-state index is 0.0699. The second-order valence-electron chi connectivity index (χ2n) is 7.18. The lowest BCUT2D eigenvalue weighted by Crippen LogP contribution is -2.44. The zero-order valence-electron chi connectivity index (χ0n) is 14.9. The SMILES string of the molecule is Cc1cc(C)c(N2CC(C(=O)N3CCC[C@@H]3C(=O)O)CC2=O)c(C)c1. The van der Waals surface area contributed by atoms with Gasteiger partial charge in [-0.1, -0.05) is 17.7 Å². The number of carbonyl (C=O) groups excluding carboxylic acids is 2. The molecular weight excluding hydrogens is 320 g/mol. The van der Waals surface area contributed by atoms with Crippen LogP contribution in [0.1, 0.15) is 36.0 Å². The fourth-order valence-corrected chi connectivity index (χ4v) is 4.21. The van der Waals surface area contributed by atoms with Gasteiger partial charge in [0.25, 0.3) is 0 Å². The summed E-state index contributed by atoms with van der Waals surface area (Å²) in [4.78, 5) is 39.8. The number of hydrogen-bond acceptors (Lipinski definition) is 3. The number of hydrogen-bond donors (Lipinski definition) is 1. The van der Waals surface area contributed by atoms with Crippen LogP contribution in [-0.4, -0.2) is 46.9 Å². The van der Waals surface area contributed by atoms with Crippen molar-refractivity contribution in [3.05, 3.63) is 28.8 Å².